The number of carbonyl (C=O) groups excluding carboxylic acids is 2. The first-order valence-corrected chi connectivity index (χ1v) is 7.89. The lowest BCUT2D eigenvalue weighted by Gasteiger charge is -2.30. The van der Waals surface area contributed by atoms with Crippen molar-refractivity contribution in [3.63, 3.8) is 0 Å². The molecule has 3 amide bonds. The average Bonchev–Trinajstić information content (AvgIpc) is 2.62. The number of urea groups is 1. The summed E-state index contributed by atoms with van der Waals surface area (Å²) in [6.45, 7) is 10.1. The van der Waals surface area contributed by atoms with Gasteiger partial charge in [-0.05, 0) is 37.5 Å². The molecule has 0 saturated carbocycles. The molecule has 2 unspecified atom stereocenters. The molecule has 1 N–H and O–H groups in total. The van der Waals surface area contributed by atoms with E-state index in [1.54, 1.807) is 21.0 Å². The summed E-state index contributed by atoms with van der Waals surface area (Å²) >= 11 is 0. The second-order valence-corrected chi connectivity index (χ2v) is 7.38. The molecular weight excluding hydrogens is 266 g/mol. The molecule has 122 valence electrons. The van der Waals surface area contributed by atoms with Gasteiger partial charge in [-0.15, -0.1) is 0 Å². The minimum Gasteiger partial charge on any atom is -0.347 e. The second-order valence-electron chi connectivity index (χ2n) is 7.38. The van der Waals surface area contributed by atoms with Gasteiger partial charge in [0.15, 0.2) is 0 Å². The smallest absolute Gasteiger partial charge is 0.318 e. The number of likely N-dealkylation sites (N-methyl/N-ethyl adjacent to an activating group) is 1. The zero-order valence-electron chi connectivity index (χ0n) is 14.4. The summed E-state index contributed by atoms with van der Waals surface area (Å²) in [4.78, 5) is 27.4. The minimum absolute atomic E-state index is 0.0780. The van der Waals surface area contributed by atoms with Crippen LogP contribution in [0.3, 0.4) is 0 Å². The Morgan fingerprint density at radius 2 is 1.81 bits per heavy atom. The molecule has 5 heteroatoms. The molecule has 1 rings (SSSR count). The molecule has 0 radical (unpaired) electrons. The van der Waals surface area contributed by atoms with Gasteiger partial charge in [-0.25, -0.2) is 4.79 Å². The maximum absolute atomic E-state index is 12.3. The normalized spacial score (nSPS) is 21.4. The Morgan fingerprint density at radius 3 is 2.33 bits per heavy atom. The Kier molecular flexibility index (Phi) is 6.05. The summed E-state index contributed by atoms with van der Waals surface area (Å²) in [6, 6.07) is -0.596. The molecule has 0 aromatic rings. The topological polar surface area (TPSA) is 52.7 Å². The van der Waals surface area contributed by atoms with Crippen LogP contribution in [0.25, 0.3) is 0 Å². The number of carbonyl (C=O) groups is 2. The van der Waals surface area contributed by atoms with Crippen LogP contribution in [0.1, 0.15) is 47.0 Å². The third-order valence-corrected chi connectivity index (χ3v) is 4.39. The van der Waals surface area contributed by atoms with Crippen LogP contribution in [0.5, 0.6) is 0 Å². The van der Waals surface area contributed by atoms with Gasteiger partial charge < -0.3 is 15.1 Å². The Hall–Kier alpha value is -1.26. The van der Waals surface area contributed by atoms with E-state index in [4.69, 9.17) is 0 Å². The lowest BCUT2D eigenvalue weighted by Crippen LogP contribution is -2.49. The summed E-state index contributed by atoms with van der Waals surface area (Å²) in [7, 11) is 3.40. The van der Waals surface area contributed by atoms with E-state index >= 15 is 0 Å². The van der Waals surface area contributed by atoms with Gasteiger partial charge in [-0.3, -0.25) is 4.79 Å². The molecule has 1 heterocycles. The van der Waals surface area contributed by atoms with Crippen molar-refractivity contribution in [3.05, 3.63) is 0 Å². The van der Waals surface area contributed by atoms with Gasteiger partial charge in [0.25, 0.3) is 0 Å². The largest absolute Gasteiger partial charge is 0.347 e. The standard InChI is InChI=1S/C16H31N3O2/c1-12(14(20)18(5)6)17-15(21)19-10-7-8-13(9-11-19)16(2,3)4/h12-13H,7-11H2,1-6H3,(H,17,21). The fraction of sp³-hybridized carbons (Fsp3) is 0.875. The SMILES string of the molecule is CC(NC(=O)N1CCCC(C(C)(C)C)CC1)C(=O)N(C)C. The van der Waals surface area contributed by atoms with Crippen molar-refractivity contribution in [3.8, 4) is 0 Å². The second kappa shape index (κ2) is 7.14. The van der Waals surface area contributed by atoms with E-state index in [0.717, 1.165) is 25.9 Å². The van der Waals surface area contributed by atoms with Crippen molar-refractivity contribution in [1.29, 1.82) is 0 Å². The fourth-order valence-corrected chi connectivity index (χ4v) is 2.89. The summed E-state index contributed by atoms with van der Waals surface area (Å²) < 4.78 is 0. The molecule has 1 fully saturated rings. The van der Waals surface area contributed by atoms with Crippen LogP contribution in [-0.2, 0) is 4.79 Å². The predicted molar refractivity (Wildman–Crippen MR) is 85.1 cm³/mol. The van der Waals surface area contributed by atoms with Crippen molar-refractivity contribution >= 4 is 11.9 Å². The van der Waals surface area contributed by atoms with E-state index in [2.05, 4.69) is 26.1 Å². The predicted octanol–water partition coefficient (Wildman–Crippen LogP) is 2.32. The molecule has 0 aliphatic carbocycles. The van der Waals surface area contributed by atoms with Crippen LogP contribution in [0.4, 0.5) is 4.79 Å². The molecule has 0 spiro atoms. The Balaban J connectivity index is 2.54. The maximum Gasteiger partial charge on any atom is 0.318 e. The van der Waals surface area contributed by atoms with Gasteiger partial charge in [0, 0.05) is 27.2 Å². The zero-order valence-corrected chi connectivity index (χ0v) is 14.4. The molecule has 1 aliphatic heterocycles. The highest BCUT2D eigenvalue weighted by Gasteiger charge is 2.29. The van der Waals surface area contributed by atoms with E-state index < -0.39 is 6.04 Å². The van der Waals surface area contributed by atoms with Crippen molar-refractivity contribution in [2.45, 2.75) is 53.0 Å². The molecule has 1 saturated heterocycles. The first-order valence-electron chi connectivity index (χ1n) is 7.89. The van der Waals surface area contributed by atoms with Crippen LogP contribution in [0, 0.1) is 11.3 Å². The third-order valence-electron chi connectivity index (χ3n) is 4.39. The van der Waals surface area contributed by atoms with Crippen LogP contribution in [-0.4, -0.2) is 55.0 Å². The quantitative estimate of drug-likeness (QED) is 0.850. The first-order chi connectivity index (χ1) is 9.62. The van der Waals surface area contributed by atoms with Gasteiger partial charge in [0.05, 0.1) is 0 Å². The number of nitrogens with one attached hydrogen (secondary N) is 1. The summed E-state index contributed by atoms with van der Waals surface area (Å²) in [5, 5.41) is 2.81. The summed E-state index contributed by atoms with van der Waals surface area (Å²) in [5.41, 5.74) is 0.292. The van der Waals surface area contributed by atoms with Gasteiger partial charge in [-0.1, -0.05) is 20.8 Å². The zero-order chi connectivity index (χ0) is 16.2. The summed E-state index contributed by atoms with van der Waals surface area (Å²) in [5.74, 6) is 0.571. The molecule has 21 heavy (non-hydrogen) atoms. The highest BCUT2D eigenvalue weighted by atomic mass is 16.2. The van der Waals surface area contributed by atoms with Crippen molar-refractivity contribution < 1.29 is 9.59 Å². The number of amides is 3. The van der Waals surface area contributed by atoms with E-state index in [-0.39, 0.29) is 11.9 Å². The number of hydrogen-bond acceptors (Lipinski definition) is 2. The molecule has 1 aliphatic rings. The van der Waals surface area contributed by atoms with E-state index in [0.29, 0.717) is 11.3 Å². The van der Waals surface area contributed by atoms with E-state index in [1.807, 2.05) is 4.90 Å². The highest BCUT2D eigenvalue weighted by Crippen LogP contribution is 2.34. The van der Waals surface area contributed by atoms with Gasteiger partial charge in [-0.2, -0.15) is 0 Å². The third kappa shape index (κ3) is 5.21. The molecule has 0 aromatic heterocycles. The monoisotopic (exact) mass is 297 g/mol. The van der Waals surface area contributed by atoms with Crippen LogP contribution in [0.15, 0.2) is 0 Å². The maximum atomic E-state index is 12.3. The number of likely N-dealkylation sites (tertiary alicyclic amines) is 1. The number of nitrogens with zero attached hydrogens (tertiary/aromatic N) is 2. The average molecular weight is 297 g/mol. The van der Waals surface area contributed by atoms with Crippen molar-refractivity contribution in [2.75, 3.05) is 27.2 Å². The van der Waals surface area contributed by atoms with Crippen molar-refractivity contribution in [1.82, 2.24) is 15.1 Å². The Morgan fingerprint density at radius 1 is 1.19 bits per heavy atom. The Labute approximate surface area is 129 Å². The summed E-state index contributed by atoms with van der Waals surface area (Å²) in [6.07, 6.45) is 3.23. The molecule has 0 aromatic carbocycles. The lowest BCUT2D eigenvalue weighted by atomic mass is 9.77. The molecule has 0 bridgehead atoms. The fourth-order valence-electron chi connectivity index (χ4n) is 2.89. The van der Waals surface area contributed by atoms with E-state index in [9.17, 15) is 9.59 Å². The van der Waals surface area contributed by atoms with E-state index in [1.165, 1.54) is 11.3 Å². The highest BCUT2D eigenvalue weighted by molar-refractivity contribution is 5.86. The van der Waals surface area contributed by atoms with Crippen LogP contribution < -0.4 is 5.32 Å². The van der Waals surface area contributed by atoms with Crippen LogP contribution >= 0.6 is 0 Å². The number of rotatable bonds is 2. The number of hydrogen-bond donors (Lipinski definition) is 1. The first kappa shape index (κ1) is 17.8. The molecular formula is C16H31N3O2. The minimum atomic E-state index is -0.478. The Bertz CT molecular complexity index is 374. The van der Waals surface area contributed by atoms with Crippen LogP contribution in [0.2, 0.25) is 0 Å². The molecule has 5 nitrogen and oxygen atoms in total. The van der Waals surface area contributed by atoms with Gasteiger partial charge >= 0.3 is 6.03 Å². The van der Waals surface area contributed by atoms with Gasteiger partial charge in [0.2, 0.25) is 5.91 Å². The lowest BCUT2D eigenvalue weighted by molar-refractivity contribution is -0.130. The van der Waals surface area contributed by atoms with Crippen molar-refractivity contribution in [2.24, 2.45) is 11.3 Å². The molecule has 2 atom stereocenters. The van der Waals surface area contributed by atoms with Gasteiger partial charge in [0.1, 0.15) is 6.04 Å².